The molecule has 0 unspecified atom stereocenters. The van der Waals surface area contributed by atoms with Gasteiger partial charge in [0.25, 0.3) is 5.91 Å². The third kappa shape index (κ3) is 4.90. The summed E-state index contributed by atoms with van der Waals surface area (Å²) in [6.07, 6.45) is -4.68. The molecule has 0 saturated carbocycles. The van der Waals surface area contributed by atoms with Gasteiger partial charge in [-0.15, -0.1) is 0 Å². The van der Waals surface area contributed by atoms with Crippen molar-refractivity contribution in [1.82, 2.24) is 24.4 Å². The van der Waals surface area contributed by atoms with E-state index in [4.69, 9.17) is 4.74 Å². The van der Waals surface area contributed by atoms with E-state index < -0.39 is 17.8 Å². The van der Waals surface area contributed by atoms with Gasteiger partial charge in [0.15, 0.2) is 17.0 Å². The van der Waals surface area contributed by atoms with Crippen LogP contribution in [0.4, 0.5) is 13.2 Å². The van der Waals surface area contributed by atoms with E-state index in [1.54, 1.807) is 29.2 Å². The number of aromatic nitrogens is 3. The van der Waals surface area contributed by atoms with Gasteiger partial charge in [0, 0.05) is 44.4 Å². The van der Waals surface area contributed by atoms with E-state index in [2.05, 4.69) is 27.1 Å². The summed E-state index contributed by atoms with van der Waals surface area (Å²) in [6.45, 7) is 3.06. The van der Waals surface area contributed by atoms with Crippen LogP contribution < -0.4 is 4.74 Å². The van der Waals surface area contributed by atoms with Crippen LogP contribution in [0, 0.1) is 0 Å². The third-order valence-corrected chi connectivity index (χ3v) is 6.23. The quantitative estimate of drug-likeness (QED) is 0.411. The Morgan fingerprint density at radius 3 is 2.31 bits per heavy atom. The Kier molecular flexibility index (Phi) is 6.36. The van der Waals surface area contributed by atoms with Crippen molar-refractivity contribution < 1.29 is 22.7 Å². The highest BCUT2D eigenvalue weighted by atomic mass is 19.4. The Morgan fingerprint density at radius 2 is 1.67 bits per heavy atom. The zero-order chi connectivity index (χ0) is 25.3. The van der Waals surface area contributed by atoms with Gasteiger partial charge in [-0.1, -0.05) is 30.3 Å². The average Bonchev–Trinajstić information content (AvgIpc) is 3.32. The maximum Gasteiger partial charge on any atom is 0.433 e. The Bertz CT molecular complexity index is 1360. The van der Waals surface area contributed by atoms with Crippen LogP contribution in [0.2, 0.25) is 0 Å². The maximum absolute atomic E-state index is 13.9. The zero-order valence-electron chi connectivity index (χ0n) is 19.6. The van der Waals surface area contributed by atoms with Gasteiger partial charge < -0.3 is 9.64 Å². The summed E-state index contributed by atoms with van der Waals surface area (Å²) in [5.74, 6) is 0.177. The van der Waals surface area contributed by atoms with Gasteiger partial charge in [-0.2, -0.15) is 18.3 Å². The molecule has 0 aliphatic carbocycles. The summed E-state index contributed by atoms with van der Waals surface area (Å²) in [5.41, 5.74) is 0.720. The Labute approximate surface area is 205 Å². The van der Waals surface area contributed by atoms with Crippen LogP contribution >= 0.6 is 0 Å². The first-order valence-corrected chi connectivity index (χ1v) is 11.5. The number of carbonyl (C=O) groups excluding carboxylic acids is 1. The van der Waals surface area contributed by atoms with Gasteiger partial charge in [0.1, 0.15) is 5.75 Å². The molecular weight excluding hydrogens is 471 g/mol. The number of nitrogens with zero attached hydrogens (tertiary/aromatic N) is 5. The predicted molar refractivity (Wildman–Crippen MR) is 128 cm³/mol. The highest BCUT2D eigenvalue weighted by Gasteiger charge is 2.36. The van der Waals surface area contributed by atoms with Crippen molar-refractivity contribution in [2.24, 2.45) is 0 Å². The molecule has 1 saturated heterocycles. The van der Waals surface area contributed by atoms with E-state index in [-0.39, 0.29) is 17.0 Å². The van der Waals surface area contributed by atoms with E-state index in [0.717, 1.165) is 12.6 Å². The number of halogens is 3. The van der Waals surface area contributed by atoms with Crippen LogP contribution in [0.3, 0.4) is 0 Å². The topological polar surface area (TPSA) is 63.0 Å². The molecule has 1 aliphatic heterocycles. The van der Waals surface area contributed by atoms with Gasteiger partial charge in [0.2, 0.25) is 0 Å². The second-order valence-corrected chi connectivity index (χ2v) is 8.61. The molecular formula is C26H24F3N5O2. The summed E-state index contributed by atoms with van der Waals surface area (Å²) >= 11 is 0. The number of piperazine rings is 1. The smallest absolute Gasteiger partial charge is 0.433 e. The van der Waals surface area contributed by atoms with Gasteiger partial charge in [-0.25, -0.2) is 9.50 Å². The minimum Gasteiger partial charge on any atom is -0.497 e. The summed E-state index contributed by atoms with van der Waals surface area (Å²) in [5, 5.41) is 4.01. The van der Waals surface area contributed by atoms with Gasteiger partial charge in [0.05, 0.1) is 12.8 Å². The van der Waals surface area contributed by atoms with E-state index in [0.29, 0.717) is 42.0 Å². The van der Waals surface area contributed by atoms with E-state index in [1.807, 2.05) is 18.2 Å². The molecule has 0 atom stereocenters. The molecule has 0 radical (unpaired) electrons. The van der Waals surface area contributed by atoms with E-state index in [1.165, 1.54) is 18.7 Å². The third-order valence-electron chi connectivity index (χ3n) is 6.23. The van der Waals surface area contributed by atoms with E-state index >= 15 is 0 Å². The van der Waals surface area contributed by atoms with Crippen molar-refractivity contribution in [3.8, 4) is 17.0 Å². The van der Waals surface area contributed by atoms with Gasteiger partial charge in [-0.05, 0) is 35.9 Å². The number of rotatable bonds is 5. The van der Waals surface area contributed by atoms with Crippen LogP contribution in [-0.2, 0) is 12.7 Å². The van der Waals surface area contributed by atoms with Crippen molar-refractivity contribution in [2.75, 3.05) is 33.3 Å². The Balaban J connectivity index is 1.38. The first kappa shape index (κ1) is 23.8. The summed E-state index contributed by atoms with van der Waals surface area (Å²) in [6, 6.07) is 18.9. The number of fused-ring (bicyclic) bond motifs is 1. The number of alkyl halides is 3. The maximum atomic E-state index is 13.9. The van der Waals surface area contributed by atoms with E-state index in [9.17, 15) is 18.0 Å². The second-order valence-electron chi connectivity index (χ2n) is 8.61. The molecule has 2 aromatic heterocycles. The monoisotopic (exact) mass is 495 g/mol. The lowest BCUT2D eigenvalue weighted by molar-refractivity contribution is -0.142. The van der Waals surface area contributed by atoms with Crippen LogP contribution in [-0.4, -0.2) is 63.6 Å². The van der Waals surface area contributed by atoms with Crippen molar-refractivity contribution >= 4 is 11.6 Å². The number of hydrogen-bond donors (Lipinski definition) is 0. The number of hydrogen-bond acceptors (Lipinski definition) is 5. The number of amides is 1. The largest absolute Gasteiger partial charge is 0.497 e. The fourth-order valence-corrected chi connectivity index (χ4v) is 4.30. The minimum atomic E-state index is -4.68. The molecule has 2 aromatic carbocycles. The molecule has 36 heavy (non-hydrogen) atoms. The fourth-order valence-electron chi connectivity index (χ4n) is 4.30. The SMILES string of the molecule is COc1ccc(-c2cc(C(F)(F)F)n3nc(C(=O)N4CCN(Cc5ccccc5)CC4)cc3n2)cc1. The molecule has 0 N–H and O–H groups in total. The first-order chi connectivity index (χ1) is 17.3. The molecule has 4 aromatic rings. The number of methoxy groups -OCH3 is 1. The summed E-state index contributed by atoms with van der Waals surface area (Å²) in [7, 11) is 1.51. The standard InChI is InChI=1S/C26H24F3N5O2/c1-36-20-9-7-19(8-10-20)21-15-23(26(27,28)29)34-24(30-21)16-22(31-34)25(35)33-13-11-32(12-14-33)17-18-5-3-2-4-6-18/h2-10,15-16H,11-14,17H2,1H3. The van der Waals surface area contributed by atoms with Crippen molar-refractivity contribution in [3.05, 3.63) is 83.7 Å². The molecule has 1 amide bonds. The lowest BCUT2D eigenvalue weighted by Crippen LogP contribution is -2.48. The normalized spacial score (nSPS) is 14.8. The number of benzene rings is 2. The second kappa shape index (κ2) is 9.62. The average molecular weight is 496 g/mol. The molecule has 1 fully saturated rings. The lowest BCUT2D eigenvalue weighted by atomic mass is 10.1. The van der Waals surface area contributed by atoms with Crippen molar-refractivity contribution in [1.29, 1.82) is 0 Å². The number of ether oxygens (including phenoxy) is 1. The molecule has 7 nitrogen and oxygen atoms in total. The van der Waals surface area contributed by atoms with Crippen LogP contribution in [0.1, 0.15) is 21.7 Å². The van der Waals surface area contributed by atoms with Crippen LogP contribution in [0.5, 0.6) is 5.75 Å². The first-order valence-electron chi connectivity index (χ1n) is 11.5. The zero-order valence-corrected chi connectivity index (χ0v) is 19.6. The molecule has 3 heterocycles. The molecule has 0 spiro atoms. The lowest BCUT2D eigenvalue weighted by Gasteiger charge is -2.34. The highest BCUT2D eigenvalue weighted by molar-refractivity contribution is 5.93. The van der Waals surface area contributed by atoms with Crippen molar-refractivity contribution in [2.45, 2.75) is 12.7 Å². The summed E-state index contributed by atoms with van der Waals surface area (Å²) < 4.78 is 47.5. The Hall–Kier alpha value is -3.92. The van der Waals surface area contributed by atoms with Crippen LogP contribution in [0.25, 0.3) is 16.9 Å². The molecule has 0 bridgehead atoms. The number of carbonyl (C=O) groups is 1. The predicted octanol–water partition coefficient (Wildman–Crippen LogP) is 4.38. The Morgan fingerprint density at radius 1 is 0.972 bits per heavy atom. The highest BCUT2D eigenvalue weighted by Crippen LogP contribution is 2.33. The van der Waals surface area contributed by atoms with Crippen LogP contribution in [0.15, 0.2) is 66.7 Å². The van der Waals surface area contributed by atoms with Gasteiger partial charge >= 0.3 is 6.18 Å². The molecule has 1 aliphatic rings. The molecule has 5 rings (SSSR count). The molecule has 186 valence electrons. The minimum absolute atomic E-state index is 0.0401. The summed E-state index contributed by atoms with van der Waals surface area (Å²) in [4.78, 5) is 21.4. The van der Waals surface area contributed by atoms with Gasteiger partial charge in [-0.3, -0.25) is 9.69 Å². The molecule has 10 heteroatoms. The van der Waals surface area contributed by atoms with Crippen molar-refractivity contribution in [3.63, 3.8) is 0 Å². The fraction of sp³-hybridized carbons (Fsp3) is 0.269.